The van der Waals surface area contributed by atoms with Crippen LogP contribution < -0.4 is 5.32 Å². The van der Waals surface area contributed by atoms with Gasteiger partial charge in [0.1, 0.15) is 0 Å². The third-order valence-electron chi connectivity index (χ3n) is 2.63. The number of rotatable bonds is 5. The Morgan fingerprint density at radius 3 is 2.76 bits per heavy atom. The Balaban J connectivity index is 2.13. The van der Waals surface area contributed by atoms with E-state index in [9.17, 15) is 0 Å². The summed E-state index contributed by atoms with van der Waals surface area (Å²) in [6, 6.07) is 6.84. The first-order valence-electron chi connectivity index (χ1n) is 5.66. The molecule has 2 aromatic heterocycles. The number of aromatic nitrogens is 1. The molecule has 2 rings (SSSR count). The molecule has 2 nitrogen and oxygen atoms in total. The van der Waals surface area contributed by atoms with Crippen LogP contribution in [0.5, 0.6) is 0 Å². The molecule has 0 radical (unpaired) electrons. The van der Waals surface area contributed by atoms with E-state index >= 15 is 0 Å². The fourth-order valence-electron chi connectivity index (χ4n) is 1.81. The molecule has 0 aromatic carbocycles. The molecule has 0 amide bonds. The molecule has 0 bridgehead atoms. The maximum atomic E-state index is 4.06. The number of halogens is 1. The van der Waals surface area contributed by atoms with E-state index in [0.717, 1.165) is 13.0 Å². The molecule has 1 atom stereocenters. The Morgan fingerprint density at radius 2 is 2.18 bits per heavy atom. The van der Waals surface area contributed by atoms with E-state index < -0.39 is 0 Å². The summed E-state index contributed by atoms with van der Waals surface area (Å²) < 4.78 is 1.34. The number of hydrogen-bond donors (Lipinski definition) is 1. The molecule has 1 unspecified atom stereocenters. The molecule has 0 saturated carbocycles. The Bertz CT molecular complexity index is 455. The van der Waals surface area contributed by atoms with E-state index in [1.54, 1.807) is 11.3 Å². The highest BCUT2D eigenvalue weighted by atomic mass is 127. The Kier molecular flexibility index (Phi) is 4.94. The minimum absolute atomic E-state index is 0.405. The van der Waals surface area contributed by atoms with Crippen molar-refractivity contribution >= 4 is 33.9 Å². The van der Waals surface area contributed by atoms with Crippen molar-refractivity contribution in [3.63, 3.8) is 0 Å². The molecule has 2 aromatic rings. The first kappa shape index (κ1) is 13.0. The summed E-state index contributed by atoms with van der Waals surface area (Å²) >= 11 is 4.18. The molecule has 4 heteroatoms. The molecular formula is C13H15IN2S. The molecular weight excluding hydrogens is 343 g/mol. The molecule has 0 fully saturated rings. The van der Waals surface area contributed by atoms with Crippen molar-refractivity contribution in [1.29, 1.82) is 0 Å². The predicted octanol–water partition coefficient (Wildman–Crippen LogP) is 3.64. The Labute approximate surface area is 120 Å². The lowest BCUT2D eigenvalue weighted by atomic mass is 10.0. The normalized spacial score (nSPS) is 12.6. The summed E-state index contributed by atoms with van der Waals surface area (Å²) in [5.74, 6) is 0. The summed E-state index contributed by atoms with van der Waals surface area (Å²) in [6.45, 7) is 3.14. The van der Waals surface area contributed by atoms with Gasteiger partial charge in [0.15, 0.2) is 0 Å². The maximum Gasteiger partial charge on any atom is 0.0656 e. The van der Waals surface area contributed by atoms with Crippen LogP contribution in [0.3, 0.4) is 0 Å². The zero-order chi connectivity index (χ0) is 12.1. The molecule has 90 valence electrons. The summed E-state index contributed by atoms with van der Waals surface area (Å²) in [6.07, 6.45) is 4.73. The zero-order valence-electron chi connectivity index (χ0n) is 9.69. The average Bonchev–Trinajstić information content (AvgIpc) is 2.77. The van der Waals surface area contributed by atoms with Crippen molar-refractivity contribution in [3.8, 4) is 0 Å². The minimum Gasteiger partial charge on any atom is -0.310 e. The third kappa shape index (κ3) is 3.76. The summed E-state index contributed by atoms with van der Waals surface area (Å²) in [4.78, 5) is 4.06. The van der Waals surface area contributed by atoms with Crippen LogP contribution in [0.1, 0.15) is 24.1 Å². The van der Waals surface area contributed by atoms with Gasteiger partial charge in [-0.25, -0.2) is 0 Å². The predicted molar refractivity (Wildman–Crippen MR) is 81.4 cm³/mol. The minimum atomic E-state index is 0.405. The van der Waals surface area contributed by atoms with E-state index in [1.165, 1.54) is 14.0 Å². The highest BCUT2D eigenvalue weighted by Crippen LogP contribution is 2.24. The van der Waals surface area contributed by atoms with Crippen LogP contribution >= 0.6 is 33.9 Å². The van der Waals surface area contributed by atoms with Gasteiger partial charge < -0.3 is 5.32 Å². The lowest BCUT2D eigenvalue weighted by Gasteiger charge is -2.16. The van der Waals surface area contributed by atoms with E-state index in [1.807, 2.05) is 12.4 Å². The topological polar surface area (TPSA) is 24.9 Å². The molecule has 2 heterocycles. The highest BCUT2D eigenvalue weighted by molar-refractivity contribution is 14.1. The van der Waals surface area contributed by atoms with Crippen molar-refractivity contribution < 1.29 is 0 Å². The lowest BCUT2D eigenvalue weighted by Crippen LogP contribution is -2.22. The second-order valence-corrected chi connectivity index (χ2v) is 6.66. The number of pyridine rings is 1. The van der Waals surface area contributed by atoms with Crippen molar-refractivity contribution in [2.75, 3.05) is 6.54 Å². The monoisotopic (exact) mass is 358 g/mol. The van der Waals surface area contributed by atoms with E-state index in [4.69, 9.17) is 0 Å². The van der Waals surface area contributed by atoms with Crippen molar-refractivity contribution in [3.05, 3.63) is 50.0 Å². The molecule has 17 heavy (non-hydrogen) atoms. The molecule has 0 aliphatic rings. The van der Waals surface area contributed by atoms with Crippen LogP contribution in [-0.4, -0.2) is 11.5 Å². The summed E-state index contributed by atoms with van der Waals surface area (Å²) in [5, 5.41) is 5.79. The van der Waals surface area contributed by atoms with Gasteiger partial charge in [-0.15, -0.1) is 11.3 Å². The molecule has 0 spiro atoms. The van der Waals surface area contributed by atoms with Crippen molar-refractivity contribution in [1.82, 2.24) is 10.3 Å². The van der Waals surface area contributed by atoms with Crippen molar-refractivity contribution in [2.24, 2.45) is 0 Å². The number of likely N-dealkylation sites (N-methyl/N-ethyl adjacent to an activating group) is 1. The van der Waals surface area contributed by atoms with Crippen LogP contribution in [-0.2, 0) is 6.42 Å². The Morgan fingerprint density at radius 1 is 1.41 bits per heavy atom. The number of nitrogens with one attached hydrogen (secondary N) is 1. The third-order valence-corrected chi connectivity index (χ3v) is 4.44. The first-order valence-corrected chi connectivity index (χ1v) is 7.61. The zero-order valence-corrected chi connectivity index (χ0v) is 12.7. The van der Waals surface area contributed by atoms with Gasteiger partial charge in [0.2, 0.25) is 0 Å². The Hall–Kier alpha value is -0.460. The first-order chi connectivity index (χ1) is 8.29. The van der Waals surface area contributed by atoms with Gasteiger partial charge in [0.05, 0.1) is 2.88 Å². The molecule has 0 aliphatic heterocycles. The van der Waals surface area contributed by atoms with Gasteiger partial charge in [0, 0.05) is 18.4 Å². The second-order valence-electron chi connectivity index (χ2n) is 3.85. The van der Waals surface area contributed by atoms with Crippen molar-refractivity contribution in [2.45, 2.75) is 19.4 Å². The quantitative estimate of drug-likeness (QED) is 0.826. The summed E-state index contributed by atoms with van der Waals surface area (Å²) in [5.41, 5.74) is 2.71. The SMILES string of the molecule is CCNC(Cc1ccncc1)c1csc(I)c1. The average molecular weight is 358 g/mol. The summed E-state index contributed by atoms with van der Waals surface area (Å²) in [7, 11) is 0. The fraction of sp³-hybridized carbons (Fsp3) is 0.308. The van der Waals surface area contributed by atoms with Crippen LogP contribution in [0.15, 0.2) is 36.0 Å². The molecule has 0 saturated heterocycles. The molecule has 0 aliphatic carbocycles. The highest BCUT2D eigenvalue weighted by Gasteiger charge is 2.12. The standard InChI is InChI=1S/C13H15IN2S/c1-2-16-12(11-8-13(14)17-9-11)7-10-3-5-15-6-4-10/h3-6,8-9,12,16H,2,7H2,1H3. The largest absolute Gasteiger partial charge is 0.310 e. The number of nitrogens with zero attached hydrogens (tertiary/aromatic N) is 1. The fourth-order valence-corrected chi connectivity index (χ4v) is 3.24. The van der Waals surface area contributed by atoms with E-state index in [0.29, 0.717) is 6.04 Å². The maximum absolute atomic E-state index is 4.06. The number of thiophene rings is 1. The van der Waals surface area contributed by atoms with Crippen LogP contribution in [0.2, 0.25) is 0 Å². The van der Waals surface area contributed by atoms with Gasteiger partial charge in [-0.1, -0.05) is 6.92 Å². The van der Waals surface area contributed by atoms with Crippen LogP contribution in [0, 0.1) is 2.88 Å². The van der Waals surface area contributed by atoms with Gasteiger partial charge in [-0.3, -0.25) is 4.98 Å². The number of hydrogen-bond acceptors (Lipinski definition) is 3. The smallest absolute Gasteiger partial charge is 0.0656 e. The second kappa shape index (κ2) is 6.47. The lowest BCUT2D eigenvalue weighted by molar-refractivity contribution is 0.551. The van der Waals surface area contributed by atoms with E-state index in [2.05, 4.69) is 63.4 Å². The van der Waals surface area contributed by atoms with Gasteiger partial charge in [0.25, 0.3) is 0 Å². The van der Waals surface area contributed by atoms with E-state index in [-0.39, 0.29) is 0 Å². The van der Waals surface area contributed by atoms with Crippen LogP contribution in [0.4, 0.5) is 0 Å². The molecule has 1 N–H and O–H groups in total. The van der Waals surface area contributed by atoms with Crippen LogP contribution in [0.25, 0.3) is 0 Å². The van der Waals surface area contributed by atoms with Gasteiger partial charge in [-0.05, 0) is 70.3 Å². The van der Waals surface area contributed by atoms with Gasteiger partial charge in [-0.2, -0.15) is 0 Å². The van der Waals surface area contributed by atoms with Gasteiger partial charge >= 0.3 is 0 Å².